The van der Waals surface area contributed by atoms with Crippen LogP contribution in [-0.4, -0.2) is 41.3 Å². The zero-order chi connectivity index (χ0) is 16.0. The van der Waals surface area contributed by atoms with Crippen LogP contribution in [0.15, 0.2) is 18.3 Å². The van der Waals surface area contributed by atoms with Gasteiger partial charge in [-0.2, -0.15) is 13.2 Å². The standard InChI is InChI=1S/C12H13F3N2O4/c1-7(11(19)20)5-17-9(18)8-3-2-4-16-10(8)21-6-12(13,14)15/h2-4,7H,5-6H2,1H3,(H,17,18)(H,19,20). The van der Waals surface area contributed by atoms with E-state index in [4.69, 9.17) is 5.11 Å². The van der Waals surface area contributed by atoms with Crippen LogP contribution in [0.2, 0.25) is 0 Å². The molecule has 0 saturated carbocycles. The first-order valence-corrected chi connectivity index (χ1v) is 5.86. The van der Waals surface area contributed by atoms with Crippen LogP contribution in [0.3, 0.4) is 0 Å². The number of carbonyl (C=O) groups excluding carboxylic acids is 1. The maximum Gasteiger partial charge on any atom is 0.422 e. The normalized spacial score (nSPS) is 12.6. The number of aliphatic carboxylic acids is 1. The molecular formula is C12H13F3N2O4. The van der Waals surface area contributed by atoms with Gasteiger partial charge in [-0.1, -0.05) is 6.92 Å². The fourth-order valence-electron chi connectivity index (χ4n) is 1.26. The predicted molar refractivity (Wildman–Crippen MR) is 64.9 cm³/mol. The molecule has 0 aromatic carbocycles. The number of halogens is 3. The van der Waals surface area contributed by atoms with Crippen molar-refractivity contribution < 1.29 is 32.6 Å². The van der Waals surface area contributed by atoms with Crippen molar-refractivity contribution in [1.29, 1.82) is 0 Å². The Balaban J connectivity index is 2.73. The molecule has 0 saturated heterocycles. The summed E-state index contributed by atoms with van der Waals surface area (Å²) in [6.45, 7) is -0.357. The smallest absolute Gasteiger partial charge is 0.422 e. The van der Waals surface area contributed by atoms with Crippen LogP contribution >= 0.6 is 0 Å². The number of ether oxygens (including phenoxy) is 1. The monoisotopic (exact) mass is 306 g/mol. The van der Waals surface area contributed by atoms with Crippen molar-refractivity contribution in [3.63, 3.8) is 0 Å². The highest BCUT2D eigenvalue weighted by molar-refractivity contribution is 5.96. The van der Waals surface area contributed by atoms with E-state index in [1.165, 1.54) is 25.3 Å². The van der Waals surface area contributed by atoms with Gasteiger partial charge < -0.3 is 15.2 Å². The van der Waals surface area contributed by atoms with Crippen molar-refractivity contribution in [3.05, 3.63) is 23.9 Å². The fraction of sp³-hybridized carbons (Fsp3) is 0.417. The third-order valence-corrected chi connectivity index (χ3v) is 2.38. The number of alkyl halides is 3. The molecule has 0 fully saturated rings. The summed E-state index contributed by atoms with van der Waals surface area (Å²) in [5.74, 6) is -3.15. The molecule has 1 heterocycles. The van der Waals surface area contributed by atoms with E-state index >= 15 is 0 Å². The summed E-state index contributed by atoms with van der Waals surface area (Å²) < 4.78 is 40.8. The minimum Gasteiger partial charge on any atom is -0.481 e. The number of rotatable bonds is 6. The van der Waals surface area contributed by atoms with E-state index in [0.29, 0.717) is 0 Å². The third-order valence-electron chi connectivity index (χ3n) is 2.38. The van der Waals surface area contributed by atoms with Crippen molar-refractivity contribution in [1.82, 2.24) is 10.3 Å². The Morgan fingerprint density at radius 2 is 2.14 bits per heavy atom. The molecule has 1 atom stereocenters. The number of nitrogens with one attached hydrogen (secondary N) is 1. The zero-order valence-electron chi connectivity index (χ0n) is 11.0. The van der Waals surface area contributed by atoms with E-state index in [0.717, 1.165) is 0 Å². The Morgan fingerprint density at radius 1 is 1.48 bits per heavy atom. The molecule has 1 aromatic heterocycles. The molecule has 0 radical (unpaired) electrons. The Labute approximate surface area is 117 Å². The van der Waals surface area contributed by atoms with E-state index in [1.807, 2.05) is 0 Å². The Bertz CT molecular complexity index is 519. The summed E-state index contributed by atoms with van der Waals surface area (Å²) in [5, 5.41) is 11.0. The Morgan fingerprint density at radius 3 is 2.71 bits per heavy atom. The van der Waals surface area contributed by atoms with Gasteiger partial charge in [0.25, 0.3) is 5.91 Å². The number of nitrogens with zero attached hydrogens (tertiary/aromatic N) is 1. The molecule has 1 unspecified atom stereocenters. The van der Waals surface area contributed by atoms with Crippen LogP contribution in [0.25, 0.3) is 0 Å². The molecule has 1 aromatic rings. The second-order valence-corrected chi connectivity index (χ2v) is 4.21. The summed E-state index contributed by atoms with van der Waals surface area (Å²) in [7, 11) is 0. The van der Waals surface area contributed by atoms with Gasteiger partial charge >= 0.3 is 12.1 Å². The van der Waals surface area contributed by atoms with Crippen molar-refractivity contribution in [2.45, 2.75) is 13.1 Å². The molecule has 9 heteroatoms. The number of carboxylic acid groups (broad SMARTS) is 1. The van der Waals surface area contributed by atoms with Gasteiger partial charge in [-0.15, -0.1) is 0 Å². The van der Waals surface area contributed by atoms with Crippen molar-refractivity contribution in [3.8, 4) is 5.88 Å². The predicted octanol–water partition coefficient (Wildman–Crippen LogP) is 1.47. The van der Waals surface area contributed by atoms with E-state index in [9.17, 15) is 22.8 Å². The average Bonchev–Trinajstić information content (AvgIpc) is 2.41. The molecule has 0 aliphatic heterocycles. The lowest BCUT2D eigenvalue weighted by Gasteiger charge is -2.12. The summed E-state index contributed by atoms with van der Waals surface area (Å²) in [4.78, 5) is 26.0. The van der Waals surface area contributed by atoms with Crippen LogP contribution in [0.1, 0.15) is 17.3 Å². The lowest BCUT2D eigenvalue weighted by molar-refractivity contribution is -0.154. The van der Waals surface area contributed by atoms with Crippen LogP contribution in [0, 0.1) is 5.92 Å². The number of carboxylic acids is 1. The Hall–Kier alpha value is -2.32. The third kappa shape index (κ3) is 5.67. The van der Waals surface area contributed by atoms with E-state index in [1.54, 1.807) is 0 Å². The first-order valence-electron chi connectivity index (χ1n) is 5.86. The van der Waals surface area contributed by atoms with Gasteiger partial charge in [-0.05, 0) is 12.1 Å². The van der Waals surface area contributed by atoms with Gasteiger partial charge in [0.2, 0.25) is 5.88 Å². The minimum atomic E-state index is -4.55. The maximum absolute atomic E-state index is 12.1. The van der Waals surface area contributed by atoms with Crippen LogP contribution < -0.4 is 10.1 Å². The summed E-state index contributed by atoms with van der Waals surface area (Å²) >= 11 is 0. The highest BCUT2D eigenvalue weighted by Crippen LogP contribution is 2.19. The molecule has 21 heavy (non-hydrogen) atoms. The average molecular weight is 306 g/mol. The first kappa shape index (κ1) is 16.7. The topological polar surface area (TPSA) is 88.5 Å². The highest BCUT2D eigenvalue weighted by atomic mass is 19.4. The molecule has 2 N–H and O–H groups in total. The second-order valence-electron chi connectivity index (χ2n) is 4.21. The van der Waals surface area contributed by atoms with Gasteiger partial charge in [-0.3, -0.25) is 9.59 Å². The van der Waals surface area contributed by atoms with Gasteiger partial charge in [0.15, 0.2) is 6.61 Å². The van der Waals surface area contributed by atoms with Gasteiger partial charge in [-0.25, -0.2) is 4.98 Å². The summed E-state index contributed by atoms with van der Waals surface area (Å²) in [6, 6.07) is 2.59. The van der Waals surface area contributed by atoms with Crippen LogP contribution in [0.5, 0.6) is 5.88 Å². The molecule has 116 valence electrons. The number of hydrogen-bond acceptors (Lipinski definition) is 4. The number of hydrogen-bond donors (Lipinski definition) is 2. The van der Waals surface area contributed by atoms with Crippen molar-refractivity contribution >= 4 is 11.9 Å². The fourth-order valence-corrected chi connectivity index (χ4v) is 1.26. The van der Waals surface area contributed by atoms with E-state index < -0.39 is 36.5 Å². The number of aromatic nitrogens is 1. The van der Waals surface area contributed by atoms with Crippen LogP contribution in [-0.2, 0) is 4.79 Å². The lowest BCUT2D eigenvalue weighted by atomic mass is 10.2. The SMILES string of the molecule is CC(CNC(=O)c1cccnc1OCC(F)(F)F)C(=O)O. The molecule has 1 amide bonds. The first-order chi connectivity index (χ1) is 9.70. The largest absolute Gasteiger partial charge is 0.481 e. The lowest BCUT2D eigenvalue weighted by Crippen LogP contribution is -2.32. The maximum atomic E-state index is 12.1. The second kappa shape index (κ2) is 6.91. The Kier molecular flexibility index (Phi) is 5.51. The molecule has 0 spiro atoms. The number of amides is 1. The molecular weight excluding hydrogens is 293 g/mol. The van der Waals surface area contributed by atoms with Crippen molar-refractivity contribution in [2.24, 2.45) is 5.92 Å². The molecule has 6 nitrogen and oxygen atoms in total. The van der Waals surface area contributed by atoms with E-state index in [2.05, 4.69) is 15.0 Å². The quantitative estimate of drug-likeness (QED) is 0.831. The highest BCUT2D eigenvalue weighted by Gasteiger charge is 2.29. The minimum absolute atomic E-state index is 0.165. The molecule has 0 aliphatic rings. The molecule has 0 bridgehead atoms. The van der Waals surface area contributed by atoms with Crippen molar-refractivity contribution in [2.75, 3.05) is 13.2 Å². The van der Waals surface area contributed by atoms with Crippen LogP contribution in [0.4, 0.5) is 13.2 Å². The number of carbonyl (C=O) groups is 2. The summed E-state index contributed by atoms with van der Waals surface area (Å²) in [6.07, 6.45) is -3.37. The summed E-state index contributed by atoms with van der Waals surface area (Å²) in [5.41, 5.74) is -0.195. The number of pyridine rings is 1. The van der Waals surface area contributed by atoms with Gasteiger partial charge in [0.05, 0.1) is 5.92 Å². The molecule has 1 rings (SSSR count). The van der Waals surface area contributed by atoms with Gasteiger partial charge in [0, 0.05) is 12.7 Å². The van der Waals surface area contributed by atoms with E-state index in [-0.39, 0.29) is 12.1 Å². The molecule has 0 aliphatic carbocycles. The van der Waals surface area contributed by atoms with Gasteiger partial charge in [0.1, 0.15) is 5.56 Å². The zero-order valence-corrected chi connectivity index (χ0v) is 11.0.